The summed E-state index contributed by atoms with van der Waals surface area (Å²) in [6, 6.07) is 6.83. The summed E-state index contributed by atoms with van der Waals surface area (Å²) < 4.78 is 0. The van der Waals surface area contributed by atoms with Crippen molar-refractivity contribution in [3.05, 3.63) is 46.7 Å². The third kappa shape index (κ3) is 4.37. The number of fused-ring (bicyclic) bond motifs is 1. The van der Waals surface area contributed by atoms with E-state index < -0.39 is 0 Å². The summed E-state index contributed by atoms with van der Waals surface area (Å²) in [5.74, 6) is -0.562. The number of benzene rings is 1. The number of carbonyl (C=O) groups excluding carboxylic acids is 3. The van der Waals surface area contributed by atoms with Gasteiger partial charge in [-0.15, -0.1) is 0 Å². The Labute approximate surface area is 177 Å². The molecule has 0 aromatic heterocycles. The first kappa shape index (κ1) is 21.9. The van der Waals surface area contributed by atoms with Crippen molar-refractivity contribution in [1.29, 1.82) is 0 Å². The zero-order valence-electron chi connectivity index (χ0n) is 18.2. The lowest BCUT2D eigenvalue weighted by atomic mass is 9.75. The van der Waals surface area contributed by atoms with Crippen molar-refractivity contribution in [2.24, 2.45) is 10.4 Å². The first-order chi connectivity index (χ1) is 14.1. The van der Waals surface area contributed by atoms with Crippen molar-refractivity contribution in [2.45, 2.75) is 65.8 Å². The number of amides is 2. The summed E-state index contributed by atoms with van der Waals surface area (Å²) in [5, 5.41) is 10.6. The van der Waals surface area contributed by atoms with Crippen LogP contribution in [0.2, 0.25) is 0 Å². The Balaban J connectivity index is 1.77. The van der Waals surface area contributed by atoms with E-state index in [0.29, 0.717) is 48.1 Å². The minimum absolute atomic E-state index is 0.0161. The second kappa shape index (κ2) is 8.54. The third-order valence-corrected chi connectivity index (χ3v) is 5.78. The van der Waals surface area contributed by atoms with E-state index in [9.17, 15) is 19.5 Å². The molecule has 3 rings (SSSR count). The van der Waals surface area contributed by atoms with Crippen molar-refractivity contribution in [1.82, 2.24) is 4.90 Å². The predicted molar refractivity (Wildman–Crippen MR) is 116 cm³/mol. The molecule has 0 radical (unpaired) electrons. The molecule has 1 aliphatic heterocycles. The van der Waals surface area contributed by atoms with Gasteiger partial charge in [-0.2, -0.15) is 0 Å². The molecular weight excluding hydrogens is 380 g/mol. The molecule has 0 bridgehead atoms. The zero-order chi connectivity index (χ0) is 22.1. The molecule has 6 nitrogen and oxygen atoms in total. The van der Waals surface area contributed by atoms with Crippen LogP contribution < -0.4 is 0 Å². The molecule has 1 heterocycles. The number of hydrogen-bond acceptors (Lipinski definition) is 5. The zero-order valence-corrected chi connectivity index (χ0v) is 18.2. The van der Waals surface area contributed by atoms with Crippen molar-refractivity contribution in [2.75, 3.05) is 6.54 Å². The second-order valence-corrected chi connectivity index (χ2v) is 9.01. The fourth-order valence-corrected chi connectivity index (χ4v) is 4.07. The Morgan fingerprint density at radius 3 is 2.27 bits per heavy atom. The summed E-state index contributed by atoms with van der Waals surface area (Å²) in [4.78, 5) is 43.9. The van der Waals surface area contributed by atoms with E-state index in [1.807, 2.05) is 27.7 Å². The Morgan fingerprint density at radius 2 is 1.73 bits per heavy atom. The topological polar surface area (TPSA) is 87.0 Å². The highest BCUT2D eigenvalue weighted by Gasteiger charge is 2.36. The Bertz CT molecular complexity index is 907. The smallest absolute Gasteiger partial charge is 0.261 e. The van der Waals surface area contributed by atoms with Gasteiger partial charge < -0.3 is 5.11 Å². The fraction of sp³-hybridized carbons (Fsp3) is 0.500. The van der Waals surface area contributed by atoms with Crippen LogP contribution in [0.5, 0.6) is 0 Å². The summed E-state index contributed by atoms with van der Waals surface area (Å²) in [5.41, 5.74) is 1.50. The SMILES string of the molecule is CC[C@@H](C)N=C(CCCN1C(=O)c2ccccc2C1=O)C1=C(O)CC(C)(C)CC1=O. The van der Waals surface area contributed by atoms with Gasteiger partial charge in [0.2, 0.25) is 0 Å². The van der Waals surface area contributed by atoms with Gasteiger partial charge in [-0.25, -0.2) is 0 Å². The van der Waals surface area contributed by atoms with Crippen LogP contribution in [0.25, 0.3) is 0 Å². The molecule has 1 aromatic rings. The maximum absolute atomic E-state index is 12.8. The van der Waals surface area contributed by atoms with E-state index in [-0.39, 0.29) is 41.4 Å². The molecule has 0 saturated heterocycles. The molecule has 1 atom stereocenters. The maximum Gasteiger partial charge on any atom is 0.261 e. The van der Waals surface area contributed by atoms with Gasteiger partial charge in [0, 0.05) is 31.1 Å². The Hall–Kier alpha value is -2.76. The molecule has 160 valence electrons. The minimum atomic E-state index is -0.284. The van der Waals surface area contributed by atoms with E-state index in [2.05, 4.69) is 0 Å². The second-order valence-electron chi connectivity index (χ2n) is 9.01. The van der Waals surface area contributed by atoms with E-state index in [1.54, 1.807) is 24.3 Å². The molecule has 30 heavy (non-hydrogen) atoms. The molecule has 0 fully saturated rings. The van der Waals surface area contributed by atoms with Gasteiger partial charge in [0.05, 0.1) is 16.7 Å². The predicted octanol–water partition coefficient (Wildman–Crippen LogP) is 4.50. The van der Waals surface area contributed by atoms with Gasteiger partial charge in [-0.05, 0) is 43.7 Å². The van der Waals surface area contributed by atoms with E-state index >= 15 is 0 Å². The maximum atomic E-state index is 12.8. The van der Waals surface area contributed by atoms with Gasteiger partial charge >= 0.3 is 0 Å². The lowest BCUT2D eigenvalue weighted by molar-refractivity contribution is -0.118. The van der Waals surface area contributed by atoms with Gasteiger partial charge in [-0.1, -0.05) is 32.9 Å². The Kier molecular flexibility index (Phi) is 6.25. The van der Waals surface area contributed by atoms with Gasteiger partial charge in [-0.3, -0.25) is 24.3 Å². The molecule has 0 unspecified atom stereocenters. The highest BCUT2D eigenvalue weighted by atomic mass is 16.3. The summed E-state index contributed by atoms with van der Waals surface area (Å²) in [6.07, 6.45) is 2.52. The van der Waals surface area contributed by atoms with Crippen LogP contribution in [0.1, 0.15) is 80.5 Å². The number of ketones is 1. The first-order valence-corrected chi connectivity index (χ1v) is 10.6. The highest BCUT2D eigenvalue weighted by Crippen LogP contribution is 2.36. The number of nitrogens with zero attached hydrogens (tertiary/aromatic N) is 2. The largest absolute Gasteiger partial charge is 0.511 e. The minimum Gasteiger partial charge on any atom is -0.511 e. The number of aliphatic imine (C=N–C) groups is 1. The summed E-state index contributed by atoms with van der Waals surface area (Å²) >= 11 is 0. The van der Waals surface area contributed by atoms with Gasteiger partial charge in [0.25, 0.3) is 11.8 Å². The van der Waals surface area contributed by atoms with Crippen LogP contribution in [-0.4, -0.2) is 45.9 Å². The normalized spacial score (nSPS) is 20.1. The molecule has 2 aliphatic rings. The summed E-state index contributed by atoms with van der Waals surface area (Å²) in [7, 11) is 0. The van der Waals surface area contributed by atoms with Crippen molar-refractivity contribution >= 4 is 23.3 Å². The van der Waals surface area contributed by atoms with Gasteiger partial charge in [0.15, 0.2) is 5.78 Å². The number of aliphatic hydroxyl groups excluding tert-OH is 1. The summed E-state index contributed by atoms with van der Waals surface area (Å²) in [6.45, 7) is 8.17. The number of aliphatic hydroxyl groups is 1. The van der Waals surface area contributed by atoms with Crippen LogP contribution in [-0.2, 0) is 4.79 Å². The highest BCUT2D eigenvalue weighted by molar-refractivity contribution is 6.23. The molecule has 6 heteroatoms. The van der Waals surface area contributed by atoms with Crippen LogP contribution >= 0.6 is 0 Å². The quantitative estimate of drug-likeness (QED) is 0.529. The van der Waals surface area contributed by atoms with Crippen LogP contribution in [0.3, 0.4) is 0 Å². The lowest BCUT2D eigenvalue weighted by Gasteiger charge is -2.30. The number of carbonyl (C=O) groups is 3. The number of hydrogen-bond donors (Lipinski definition) is 1. The molecule has 1 aromatic carbocycles. The first-order valence-electron chi connectivity index (χ1n) is 10.6. The van der Waals surface area contributed by atoms with Gasteiger partial charge in [0.1, 0.15) is 5.76 Å². The monoisotopic (exact) mass is 410 g/mol. The molecule has 0 spiro atoms. The van der Waals surface area contributed by atoms with Crippen molar-refractivity contribution in [3.63, 3.8) is 0 Å². The fourth-order valence-electron chi connectivity index (χ4n) is 4.07. The standard InChI is InChI=1S/C24H30N2O4/c1-5-15(2)25-18(21-19(27)13-24(3,4)14-20(21)28)11-8-12-26-22(29)16-9-6-7-10-17(16)23(26)30/h6-7,9-10,15,27H,5,8,11-14H2,1-4H3/t15-/m1/s1. The van der Waals surface area contributed by atoms with Crippen LogP contribution in [0.4, 0.5) is 0 Å². The van der Waals surface area contributed by atoms with Crippen molar-refractivity contribution < 1.29 is 19.5 Å². The van der Waals surface area contributed by atoms with Crippen LogP contribution in [0.15, 0.2) is 40.6 Å². The van der Waals surface area contributed by atoms with E-state index in [4.69, 9.17) is 4.99 Å². The molecule has 1 N–H and O–H groups in total. The number of rotatable bonds is 7. The van der Waals surface area contributed by atoms with Crippen molar-refractivity contribution in [3.8, 4) is 0 Å². The number of imide groups is 1. The van der Waals surface area contributed by atoms with Crippen LogP contribution in [0, 0.1) is 5.41 Å². The molecular formula is C24H30N2O4. The molecule has 2 amide bonds. The molecule has 0 saturated carbocycles. The molecule has 1 aliphatic carbocycles. The Morgan fingerprint density at radius 1 is 1.13 bits per heavy atom. The lowest BCUT2D eigenvalue weighted by Crippen LogP contribution is -2.32. The number of allylic oxidation sites excluding steroid dienone is 2. The average Bonchev–Trinajstić information content (AvgIpc) is 2.91. The number of Topliss-reactive ketones (excluding diaryl/α,β-unsaturated/α-hetero) is 1. The van der Waals surface area contributed by atoms with E-state index in [0.717, 1.165) is 6.42 Å². The third-order valence-electron chi connectivity index (χ3n) is 5.78. The van der Waals surface area contributed by atoms with E-state index in [1.165, 1.54) is 4.90 Å². The average molecular weight is 411 g/mol.